The molecule has 0 aliphatic rings. The normalized spacial score (nSPS) is 12.3. The predicted octanol–water partition coefficient (Wildman–Crippen LogP) is 3.05. The van der Waals surface area contributed by atoms with E-state index in [9.17, 15) is 9.59 Å². The number of carbonyl (C=O) groups excluding carboxylic acids is 1. The van der Waals surface area contributed by atoms with Crippen molar-refractivity contribution in [3.8, 4) is 5.69 Å². The van der Waals surface area contributed by atoms with Gasteiger partial charge in [0.15, 0.2) is 5.69 Å². The van der Waals surface area contributed by atoms with Crippen molar-refractivity contribution in [2.24, 2.45) is 0 Å². The highest BCUT2D eigenvalue weighted by molar-refractivity contribution is 6.04. The largest absolute Gasteiger partial charge is 0.344 e. The van der Waals surface area contributed by atoms with E-state index >= 15 is 0 Å². The second kappa shape index (κ2) is 7.90. The lowest BCUT2D eigenvalue weighted by Crippen LogP contribution is -2.32. The van der Waals surface area contributed by atoms with Gasteiger partial charge in [-0.15, -0.1) is 0 Å². The van der Waals surface area contributed by atoms with E-state index in [1.807, 2.05) is 45.0 Å². The second-order valence-corrected chi connectivity index (χ2v) is 7.36. The predicted molar refractivity (Wildman–Crippen MR) is 114 cm³/mol. The van der Waals surface area contributed by atoms with Crippen LogP contribution in [0, 0.1) is 0 Å². The van der Waals surface area contributed by atoms with Crippen LogP contribution in [0.3, 0.4) is 0 Å². The molecule has 1 atom stereocenters. The maximum atomic E-state index is 13.1. The number of rotatable bonds is 5. The Morgan fingerprint density at radius 1 is 1.00 bits per heavy atom. The van der Waals surface area contributed by atoms with Gasteiger partial charge in [0.2, 0.25) is 0 Å². The number of amides is 1. The molecule has 2 heterocycles. The molecule has 0 saturated carbocycles. The summed E-state index contributed by atoms with van der Waals surface area (Å²) in [5.74, 6) is -0.326. The minimum absolute atomic E-state index is 0.157. The van der Waals surface area contributed by atoms with Gasteiger partial charge in [-0.3, -0.25) is 9.59 Å². The van der Waals surface area contributed by atoms with Crippen LogP contribution in [0.4, 0.5) is 0 Å². The van der Waals surface area contributed by atoms with Crippen LogP contribution in [-0.2, 0) is 0 Å². The Hall–Kier alpha value is -3.81. The van der Waals surface area contributed by atoms with Gasteiger partial charge in [0.1, 0.15) is 12.7 Å². The Balaban J connectivity index is 1.63. The molecule has 0 saturated heterocycles. The number of benzene rings is 2. The van der Waals surface area contributed by atoms with E-state index in [2.05, 4.69) is 20.5 Å². The maximum Gasteiger partial charge on any atom is 0.274 e. The molecule has 2 aromatic carbocycles. The van der Waals surface area contributed by atoms with E-state index in [1.165, 1.54) is 11.0 Å². The second-order valence-electron chi connectivity index (χ2n) is 7.36. The van der Waals surface area contributed by atoms with Crippen molar-refractivity contribution in [2.75, 3.05) is 0 Å². The summed E-state index contributed by atoms with van der Waals surface area (Å²) in [6.07, 6.45) is 3.10. The van der Waals surface area contributed by atoms with Crippen molar-refractivity contribution >= 4 is 16.7 Å². The lowest BCUT2D eigenvalue weighted by atomic mass is 10.1. The number of hydrogen-bond acceptors (Lipinski definition) is 5. The highest BCUT2D eigenvalue weighted by Crippen LogP contribution is 2.18. The molecule has 8 nitrogen and oxygen atoms in total. The molecule has 0 bridgehead atoms. The summed E-state index contributed by atoms with van der Waals surface area (Å²) < 4.78 is 3.02. The van der Waals surface area contributed by atoms with Gasteiger partial charge in [-0.05, 0) is 44.5 Å². The summed E-state index contributed by atoms with van der Waals surface area (Å²) >= 11 is 0. The number of carbonyl (C=O) groups is 1. The molecule has 2 aromatic heterocycles. The van der Waals surface area contributed by atoms with E-state index in [0.717, 1.165) is 11.3 Å². The van der Waals surface area contributed by atoms with Crippen molar-refractivity contribution in [1.82, 2.24) is 29.9 Å². The van der Waals surface area contributed by atoms with Gasteiger partial charge in [0.05, 0.1) is 23.2 Å². The van der Waals surface area contributed by atoms with E-state index in [1.54, 1.807) is 35.3 Å². The molecule has 4 rings (SSSR count). The van der Waals surface area contributed by atoms with Gasteiger partial charge in [-0.2, -0.15) is 10.2 Å². The molecule has 0 aliphatic carbocycles. The van der Waals surface area contributed by atoms with E-state index in [-0.39, 0.29) is 29.2 Å². The number of nitrogens with one attached hydrogen (secondary N) is 1. The molecule has 30 heavy (non-hydrogen) atoms. The summed E-state index contributed by atoms with van der Waals surface area (Å²) in [6.45, 7) is 5.64. The number of fused-ring (bicyclic) bond motifs is 1. The average Bonchev–Trinajstić information content (AvgIpc) is 3.29. The first-order valence-electron chi connectivity index (χ1n) is 9.73. The minimum atomic E-state index is -0.326. The van der Waals surface area contributed by atoms with E-state index in [0.29, 0.717) is 10.8 Å². The van der Waals surface area contributed by atoms with Crippen LogP contribution in [0.5, 0.6) is 0 Å². The zero-order chi connectivity index (χ0) is 21.3. The lowest BCUT2D eigenvalue weighted by molar-refractivity contribution is 0.0934. The highest BCUT2D eigenvalue weighted by atomic mass is 16.2. The Bertz CT molecular complexity index is 1240. The third kappa shape index (κ3) is 3.59. The summed E-state index contributed by atoms with van der Waals surface area (Å²) in [5, 5.41) is 12.5. The summed E-state index contributed by atoms with van der Waals surface area (Å²) in [5.41, 5.74) is 1.86. The molecule has 1 N–H and O–H groups in total. The van der Waals surface area contributed by atoms with Gasteiger partial charge >= 0.3 is 0 Å². The molecule has 4 aromatic rings. The molecule has 1 amide bonds. The van der Waals surface area contributed by atoms with Crippen molar-refractivity contribution in [3.63, 3.8) is 0 Å². The van der Waals surface area contributed by atoms with Crippen LogP contribution in [0.25, 0.3) is 16.5 Å². The molecule has 1 unspecified atom stereocenters. The molecule has 0 aliphatic heterocycles. The van der Waals surface area contributed by atoms with Gasteiger partial charge < -0.3 is 5.32 Å². The Kier molecular flexibility index (Phi) is 5.14. The third-order valence-electron chi connectivity index (χ3n) is 4.96. The van der Waals surface area contributed by atoms with Crippen molar-refractivity contribution in [2.45, 2.75) is 32.9 Å². The minimum Gasteiger partial charge on any atom is -0.344 e. The summed E-state index contributed by atoms with van der Waals surface area (Å²) in [4.78, 5) is 29.7. The Morgan fingerprint density at radius 2 is 1.70 bits per heavy atom. The lowest BCUT2D eigenvalue weighted by Gasteiger charge is -2.17. The first-order chi connectivity index (χ1) is 14.5. The highest BCUT2D eigenvalue weighted by Gasteiger charge is 2.19. The molecular weight excluding hydrogens is 380 g/mol. The van der Waals surface area contributed by atoms with E-state index < -0.39 is 0 Å². The Morgan fingerprint density at radius 3 is 2.33 bits per heavy atom. The first-order valence-corrected chi connectivity index (χ1v) is 9.73. The van der Waals surface area contributed by atoms with Crippen LogP contribution >= 0.6 is 0 Å². The fourth-order valence-electron chi connectivity index (χ4n) is 3.33. The van der Waals surface area contributed by atoms with Crippen molar-refractivity contribution in [1.29, 1.82) is 0 Å². The topological polar surface area (TPSA) is 94.7 Å². The number of aromatic nitrogens is 5. The molecule has 8 heteroatoms. The van der Waals surface area contributed by atoms with Gasteiger partial charge in [0, 0.05) is 5.39 Å². The fraction of sp³-hybridized carbons (Fsp3) is 0.227. The fourth-order valence-corrected chi connectivity index (χ4v) is 3.33. The Labute approximate surface area is 173 Å². The molecular formula is C22H22N6O2. The summed E-state index contributed by atoms with van der Waals surface area (Å²) in [6, 6.07) is 14.4. The van der Waals surface area contributed by atoms with Crippen LogP contribution < -0.4 is 10.9 Å². The average molecular weight is 402 g/mol. The third-order valence-corrected chi connectivity index (χ3v) is 4.96. The van der Waals surface area contributed by atoms with Crippen LogP contribution in [0.1, 0.15) is 48.9 Å². The maximum absolute atomic E-state index is 13.1. The SMILES string of the molecule is CC(NC(=O)c1nn(C(C)C)c(=O)c2ccccc12)c1ccc(-n2cncn2)cc1. The molecule has 0 fully saturated rings. The molecule has 152 valence electrons. The zero-order valence-electron chi connectivity index (χ0n) is 17.0. The number of nitrogens with zero attached hydrogens (tertiary/aromatic N) is 5. The monoisotopic (exact) mass is 402 g/mol. The first kappa shape index (κ1) is 19.5. The summed E-state index contributed by atoms with van der Waals surface area (Å²) in [7, 11) is 0. The van der Waals surface area contributed by atoms with Crippen molar-refractivity contribution in [3.05, 3.63) is 82.8 Å². The quantitative estimate of drug-likeness (QED) is 0.554. The van der Waals surface area contributed by atoms with Crippen LogP contribution in [0.2, 0.25) is 0 Å². The standard InChI is InChI=1S/C22H22N6O2/c1-14(2)28-22(30)19-7-5-4-6-18(19)20(26-28)21(29)25-15(3)16-8-10-17(11-9-16)27-13-23-12-24-27/h4-15H,1-3H3,(H,25,29). The van der Waals surface area contributed by atoms with Gasteiger partial charge in [0.25, 0.3) is 11.5 Å². The zero-order valence-corrected chi connectivity index (χ0v) is 17.0. The van der Waals surface area contributed by atoms with Crippen LogP contribution in [-0.4, -0.2) is 30.5 Å². The van der Waals surface area contributed by atoms with Gasteiger partial charge in [-0.1, -0.05) is 30.3 Å². The number of hydrogen-bond donors (Lipinski definition) is 1. The van der Waals surface area contributed by atoms with Crippen LogP contribution in [0.15, 0.2) is 66.0 Å². The van der Waals surface area contributed by atoms with E-state index in [4.69, 9.17) is 0 Å². The smallest absolute Gasteiger partial charge is 0.274 e. The molecule has 0 radical (unpaired) electrons. The molecule has 0 spiro atoms. The van der Waals surface area contributed by atoms with Gasteiger partial charge in [-0.25, -0.2) is 14.3 Å². The van der Waals surface area contributed by atoms with Crippen molar-refractivity contribution < 1.29 is 4.79 Å².